The molecule has 0 N–H and O–H groups in total. The zero-order valence-corrected chi connectivity index (χ0v) is 57.4. The number of thiophene rings is 3. The van der Waals surface area contributed by atoms with Gasteiger partial charge in [0.25, 0.3) is 0 Å². The van der Waals surface area contributed by atoms with Gasteiger partial charge in [0.15, 0.2) is 6.03 Å². The Morgan fingerprint density at radius 1 is 0.480 bits per heavy atom. The van der Waals surface area contributed by atoms with E-state index in [0.29, 0.717) is 8.34 Å². The van der Waals surface area contributed by atoms with E-state index in [1.165, 1.54) is 163 Å². The second kappa shape index (κ2) is 33.3. The summed E-state index contributed by atoms with van der Waals surface area (Å²) in [6.45, 7) is 23.4. The average Bonchev–Trinajstić information content (AvgIpc) is 4.26. The number of halogens is 3. The van der Waals surface area contributed by atoms with E-state index in [4.69, 9.17) is 13.2 Å². The first-order valence-corrected chi connectivity index (χ1v) is 34.4. The fraction of sp³-hybridized carbons (Fsp3) is 0.533. The summed E-state index contributed by atoms with van der Waals surface area (Å²) >= 11 is 18.8. The van der Waals surface area contributed by atoms with Crippen LogP contribution < -0.4 is 0 Å². The SMILES string of the molecule is C.CC(C)CCCC(C)CCc1ccc(-c2nc3cc4sc(-c5ccc(CCC(C)CCCC(C)C)s5)nc4cc3s2)s1.Cc1ccc(CCC(C)CCCC(C)C)s1.Ic1nc2cc3sc(I)nc3cc2s1.[2H]I.[2H][B][3H]. The first-order valence-electron chi connectivity index (χ1n) is 28.0. The average molecular weight is 1480 g/mol. The molecule has 0 aliphatic heterocycles. The summed E-state index contributed by atoms with van der Waals surface area (Å²) in [7, 11) is 0.500. The van der Waals surface area contributed by atoms with Gasteiger partial charge in [-0.1, -0.05) is 128 Å². The normalized spacial score (nSPS) is 13.0. The van der Waals surface area contributed by atoms with E-state index in [1.807, 2.05) is 56.7 Å². The molecular weight excluding hydrogens is 1390 g/mol. The molecule has 0 fully saturated rings. The minimum Gasteiger partial charge on any atom is -0.235 e. The third-order valence-electron chi connectivity index (χ3n) is 13.4. The minimum atomic E-state index is 0. The van der Waals surface area contributed by atoms with Crippen molar-refractivity contribution < 1.29 is 0 Å². The van der Waals surface area contributed by atoms with E-state index < -0.39 is 0 Å². The van der Waals surface area contributed by atoms with Crippen LogP contribution in [0.25, 0.3) is 60.6 Å². The van der Waals surface area contributed by atoms with Crippen LogP contribution in [0, 0.1) is 48.5 Å². The maximum atomic E-state index is 5.75. The van der Waals surface area contributed by atoms with Crippen LogP contribution in [0.1, 0.15) is 166 Å². The van der Waals surface area contributed by atoms with Crippen LogP contribution in [-0.4, -0.2) is 31.5 Å². The molecule has 3 atom stereocenters. The number of hydrogen-bond acceptors (Lipinski definition) is 11. The topological polar surface area (TPSA) is 51.6 Å². The molecule has 0 spiro atoms. The van der Waals surface area contributed by atoms with E-state index in [9.17, 15) is 0 Å². The molecule has 0 saturated heterocycles. The molecule has 1 radical (unpaired) electrons. The van der Waals surface area contributed by atoms with E-state index in [1.54, 1.807) is 27.6 Å². The number of rotatable bonds is 23. The number of thiazole rings is 4. The van der Waals surface area contributed by atoms with Crippen LogP contribution in [0.5, 0.6) is 0 Å². The second-order valence-corrected chi connectivity index (χ2v) is 32.8. The van der Waals surface area contributed by atoms with Gasteiger partial charge in [-0.05, 0) is 189 Å². The molecule has 2 aromatic carbocycles. The summed E-state index contributed by atoms with van der Waals surface area (Å²) in [6, 6.07) is 22.5. The Morgan fingerprint density at radius 2 is 0.800 bits per heavy atom. The first kappa shape index (κ1) is 62.0. The van der Waals surface area contributed by atoms with Gasteiger partial charge in [-0.2, -0.15) is 0 Å². The van der Waals surface area contributed by atoms with E-state index >= 15 is 0 Å². The summed E-state index contributed by atoms with van der Waals surface area (Å²) in [5.74, 6) is 5.00. The Bertz CT molecular complexity index is 2820. The number of aromatic nitrogens is 4. The van der Waals surface area contributed by atoms with E-state index in [0.717, 1.165) is 73.6 Å². The molecule has 0 bridgehead atoms. The van der Waals surface area contributed by atoms with Gasteiger partial charge < -0.3 is 0 Å². The molecule has 0 aliphatic carbocycles. The Labute approximate surface area is 529 Å². The van der Waals surface area contributed by atoms with E-state index in [-0.39, 0.29) is 7.43 Å². The first-order chi connectivity index (χ1) is 36.9. The van der Waals surface area contributed by atoms with Crippen LogP contribution >= 0.6 is 148 Å². The van der Waals surface area contributed by atoms with Crippen molar-refractivity contribution in [2.75, 3.05) is 0 Å². The molecule has 75 heavy (non-hydrogen) atoms. The lowest BCUT2D eigenvalue weighted by atomic mass is 9.96. The van der Waals surface area contributed by atoms with Crippen molar-refractivity contribution in [2.24, 2.45) is 35.5 Å². The van der Waals surface area contributed by atoms with Gasteiger partial charge in [-0.25, -0.2) is 19.9 Å². The Balaban J connectivity index is 0.000000296. The summed E-state index contributed by atoms with van der Waals surface area (Å²) in [6.07, 6.45) is 19.9. The van der Waals surface area contributed by atoms with Crippen molar-refractivity contribution in [3.63, 3.8) is 0 Å². The van der Waals surface area contributed by atoms with Crippen molar-refractivity contribution >= 4 is 198 Å². The summed E-state index contributed by atoms with van der Waals surface area (Å²) < 4.78 is 24.3. The lowest BCUT2D eigenvalue weighted by Crippen LogP contribution is -1.98. The highest BCUT2D eigenvalue weighted by atomic mass is 127. The minimum absolute atomic E-state index is 0. The molecule has 15 heteroatoms. The van der Waals surface area contributed by atoms with Gasteiger partial charge in [0.2, 0.25) is 0 Å². The van der Waals surface area contributed by atoms with E-state index in [2.05, 4.69) is 185 Å². The lowest BCUT2D eigenvalue weighted by molar-refractivity contribution is 0.437. The summed E-state index contributed by atoms with van der Waals surface area (Å²) in [5.41, 5.74) is 4.38. The number of fused-ring (bicyclic) bond motifs is 4. The number of nitrogens with zero attached hydrogens (tertiary/aromatic N) is 4. The fourth-order valence-corrected chi connectivity index (χ4v) is 17.3. The maximum Gasteiger partial charge on any atom is 0.155 e. The molecule has 9 aromatic rings. The zero-order chi connectivity index (χ0) is 56.0. The monoisotopic (exact) mass is 1480 g/mol. The van der Waals surface area contributed by atoms with Gasteiger partial charge in [0.1, 0.15) is 10.6 Å². The van der Waals surface area contributed by atoms with Gasteiger partial charge in [-0.3, -0.25) is 0 Å². The standard InChI is InChI=1S/C36H48N2S4.C15H26S.C8H2I2N2S2.CH4.BH2.HI/c1-23(2)9-7-11-25(5)13-15-27-17-19-31(39-27)35-37-29-21-34-30(22-33(29)41-35)38-36(42-34)32-20-18-28(40-32)16-14-26(6)12-8-10-24(3)4;1-12(2)6-5-7-13(3)8-10-15-11-9-14(4)16-15;9-7-11-3-1-5-4(2-6(3)14-7)12-8(10)13-5;;;/h17-26H,7-16H2,1-6H3;9,11-13H,5-8,10H2,1-4H3;1-2H;1H4;1H2;1H/i;;;;1TD;/hD. The van der Waals surface area contributed by atoms with Crippen LogP contribution in [0.2, 0.25) is 0 Å². The predicted molar refractivity (Wildman–Crippen MR) is 376 cm³/mol. The Morgan fingerprint density at radius 3 is 1.13 bits per heavy atom. The molecule has 409 valence electrons. The molecule has 3 unspecified atom stereocenters. The molecule has 7 heterocycles. The third kappa shape index (κ3) is 21.6. The van der Waals surface area contributed by atoms with Crippen molar-refractivity contribution in [1.29, 1.82) is 3.27 Å². The highest BCUT2D eigenvalue weighted by Gasteiger charge is 2.16. The van der Waals surface area contributed by atoms with Crippen molar-refractivity contribution in [2.45, 2.75) is 173 Å². The summed E-state index contributed by atoms with van der Waals surface area (Å²) in [5, 5.41) is 2.29. The van der Waals surface area contributed by atoms with Crippen LogP contribution in [0.4, 0.5) is 0 Å². The molecule has 4 nitrogen and oxygen atoms in total. The zero-order valence-electron chi connectivity index (χ0n) is 48.2. The smallest absolute Gasteiger partial charge is 0.155 e. The van der Waals surface area contributed by atoms with Crippen molar-refractivity contribution in [3.8, 4) is 19.8 Å². The number of benzene rings is 2. The number of aryl methyl sites for hydroxylation is 4. The fourth-order valence-electron chi connectivity index (χ4n) is 8.95. The highest BCUT2D eigenvalue weighted by molar-refractivity contribution is 14.1. The van der Waals surface area contributed by atoms with Crippen molar-refractivity contribution in [1.82, 2.24) is 19.9 Å². The van der Waals surface area contributed by atoms with Crippen LogP contribution in [-0.2, 0) is 19.3 Å². The van der Waals surface area contributed by atoms with Crippen LogP contribution in [0.3, 0.4) is 0 Å². The third-order valence-corrected chi connectivity index (χ3v) is 22.5. The second-order valence-electron chi connectivity index (χ2n) is 21.5. The van der Waals surface area contributed by atoms with Gasteiger partial charge >= 0.3 is 0 Å². The van der Waals surface area contributed by atoms with Crippen LogP contribution in [0.15, 0.2) is 60.7 Å². The predicted octanol–water partition coefficient (Wildman–Crippen LogP) is 23.1. The number of hydrogen-bond donors (Lipinski definition) is 0. The Kier molecular flexibility index (Phi) is 27.5. The van der Waals surface area contributed by atoms with Gasteiger partial charge in [0.05, 0.1) is 59.0 Å². The Hall–Kier alpha value is -0.645. The molecule has 0 saturated carbocycles. The van der Waals surface area contributed by atoms with Crippen molar-refractivity contribution in [3.05, 3.63) is 86.2 Å². The maximum absolute atomic E-state index is 5.75. The molecule has 0 aliphatic rings. The molecule has 0 amide bonds. The molecule has 9 rings (SSSR count). The summed E-state index contributed by atoms with van der Waals surface area (Å²) in [4.78, 5) is 27.6. The quantitative estimate of drug-likeness (QED) is 0.0473. The van der Waals surface area contributed by atoms with Gasteiger partial charge in [0, 0.05) is 19.5 Å². The lowest BCUT2D eigenvalue weighted by Gasteiger charge is -2.11. The molecular formula is C60H83BI3N4S7. The highest BCUT2D eigenvalue weighted by Crippen LogP contribution is 2.41. The largest absolute Gasteiger partial charge is 0.235 e. The van der Waals surface area contributed by atoms with Gasteiger partial charge in [-0.15, -0.1) is 103 Å². The molecule has 7 aromatic heterocycles.